The third kappa shape index (κ3) is 4.59. The van der Waals surface area contributed by atoms with Crippen molar-refractivity contribution in [1.82, 2.24) is 19.4 Å². The van der Waals surface area contributed by atoms with Crippen LogP contribution in [0.25, 0.3) is 11.0 Å². The van der Waals surface area contributed by atoms with E-state index in [1.807, 2.05) is 32.9 Å². The molecule has 158 valence electrons. The normalized spacial score (nSPS) is 16.7. The number of nitrogens with zero attached hydrogens (tertiary/aromatic N) is 3. The van der Waals surface area contributed by atoms with Crippen LogP contribution >= 0.6 is 0 Å². The SMILES string of the molecule is CC(=O)C(NC(=O)n1c(=O)n(CCN2CCOCC2)c2ccccc21)C(C)(C)C. The van der Waals surface area contributed by atoms with Gasteiger partial charge in [-0.25, -0.2) is 14.2 Å². The highest BCUT2D eigenvalue weighted by Gasteiger charge is 2.31. The van der Waals surface area contributed by atoms with E-state index < -0.39 is 23.2 Å². The average molecular weight is 402 g/mol. The van der Waals surface area contributed by atoms with Crippen LogP contribution in [0.3, 0.4) is 0 Å². The Bertz CT molecular complexity index is 948. The minimum absolute atomic E-state index is 0.144. The summed E-state index contributed by atoms with van der Waals surface area (Å²) in [7, 11) is 0. The second-order valence-corrected chi connectivity index (χ2v) is 8.57. The number of amides is 1. The Balaban J connectivity index is 1.91. The van der Waals surface area contributed by atoms with Gasteiger partial charge < -0.3 is 10.1 Å². The van der Waals surface area contributed by atoms with Gasteiger partial charge in [-0.1, -0.05) is 32.9 Å². The Morgan fingerprint density at radius 1 is 1.10 bits per heavy atom. The van der Waals surface area contributed by atoms with E-state index in [0.717, 1.165) is 17.7 Å². The number of rotatable bonds is 5. The number of hydrogen-bond donors (Lipinski definition) is 1. The molecule has 2 aromatic rings. The number of carbonyl (C=O) groups excluding carboxylic acids is 2. The molecule has 1 unspecified atom stereocenters. The predicted molar refractivity (Wildman–Crippen MR) is 111 cm³/mol. The monoisotopic (exact) mass is 402 g/mol. The molecule has 0 spiro atoms. The number of carbonyl (C=O) groups is 2. The molecule has 1 amide bonds. The standard InChI is InChI=1S/C21H30N4O4/c1-15(26)18(21(2,3)4)22-19(27)25-17-8-6-5-7-16(17)24(20(25)28)10-9-23-11-13-29-14-12-23/h5-8,18H,9-14H2,1-4H3,(H,22,27). The second kappa shape index (κ2) is 8.51. The van der Waals surface area contributed by atoms with E-state index in [1.165, 1.54) is 6.92 Å². The Morgan fingerprint density at radius 3 is 2.31 bits per heavy atom. The fourth-order valence-electron chi connectivity index (χ4n) is 3.80. The molecule has 3 rings (SSSR count). The lowest BCUT2D eigenvalue weighted by molar-refractivity contribution is -0.121. The molecule has 0 bridgehead atoms. The van der Waals surface area contributed by atoms with Gasteiger partial charge in [-0.15, -0.1) is 0 Å². The highest BCUT2D eigenvalue weighted by molar-refractivity contribution is 5.93. The second-order valence-electron chi connectivity index (χ2n) is 8.57. The van der Waals surface area contributed by atoms with Crippen molar-refractivity contribution >= 4 is 22.8 Å². The summed E-state index contributed by atoms with van der Waals surface area (Å²) in [6.07, 6.45) is 0. The van der Waals surface area contributed by atoms with Crippen LogP contribution in [0.5, 0.6) is 0 Å². The number of aromatic nitrogens is 2. The van der Waals surface area contributed by atoms with Crippen LogP contribution < -0.4 is 11.0 Å². The third-order valence-electron chi connectivity index (χ3n) is 5.32. The number of nitrogens with one attached hydrogen (secondary N) is 1. The molecule has 0 radical (unpaired) electrons. The summed E-state index contributed by atoms with van der Waals surface area (Å²) in [6, 6.07) is 5.98. The quantitative estimate of drug-likeness (QED) is 0.823. The first-order valence-corrected chi connectivity index (χ1v) is 10.0. The van der Waals surface area contributed by atoms with E-state index in [1.54, 1.807) is 16.7 Å². The van der Waals surface area contributed by atoms with Crippen molar-refractivity contribution in [1.29, 1.82) is 0 Å². The minimum Gasteiger partial charge on any atom is -0.379 e. The average Bonchev–Trinajstić information content (AvgIpc) is 2.95. The summed E-state index contributed by atoms with van der Waals surface area (Å²) in [6.45, 7) is 11.3. The number of hydrogen-bond acceptors (Lipinski definition) is 5. The van der Waals surface area contributed by atoms with Crippen molar-refractivity contribution in [2.24, 2.45) is 5.41 Å². The van der Waals surface area contributed by atoms with Gasteiger partial charge in [-0.3, -0.25) is 14.3 Å². The summed E-state index contributed by atoms with van der Waals surface area (Å²) < 4.78 is 8.13. The molecular formula is C21H30N4O4. The summed E-state index contributed by atoms with van der Waals surface area (Å²) >= 11 is 0. The molecule has 1 N–H and O–H groups in total. The zero-order valence-corrected chi connectivity index (χ0v) is 17.6. The smallest absolute Gasteiger partial charge is 0.337 e. The maximum Gasteiger partial charge on any atom is 0.337 e. The summed E-state index contributed by atoms with van der Waals surface area (Å²) in [5, 5.41) is 2.76. The molecule has 0 aliphatic carbocycles. The lowest BCUT2D eigenvalue weighted by atomic mass is 9.84. The van der Waals surface area contributed by atoms with E-state index >= 15 is 0 Å². The Hall–Kier alpha value is -2.45. The van der Waals surface area contributed by atoms with Gasteiger partial charge in [-0.2, -0.15) is 0 Å². The molecule has 2 heterocycles. The Kier molecular flexibility index (Phi) is 6.24. The van der Waals surface area contributed by atoms with E-state index in [0.29, 0.717) is 37.3 Å². The van der Waals surface area contributed by atoms with Crippen LogP contribution in [0.2, 0.25) is 0 Å². The van der Waals surface area contributed by atoms with Crippen LogP contribution in [0.15, 0.2) is 29.1 Å². The zero-order valence-electron chi connectivity index (χ0n) is 17.6. The minimum atomic E-state index is -0.683. The lowest BCUT2D eigenvalue weighted by Gasteiger charge is -2.29. The highest BCUT2D eigenvalue weighted by Crippen LogP contribution is 2.20. The largest absolute Gasteiger partial charge is 0.379 e. The van der Waals surface area contributed by atoms with E-state index in [2.05, 4.69) is 10.2 Å². The number of ether oxygens (including phenoxy) is 1. The van der Waals surface area contributed by atoms with Crippen LogP contribution in [-0.2, 0) is 16.1 Å². The molecule has 1 saturated heterocycles. The van der Waals surface area contributed by atoms with Crippen molar-refractivity contribution in [2.75, 3.05) is 32.8 Å². The number of ketones is 1. The molecular weight excluding hydrogens is 372 g/mol. The Morgan fingerprint density at radius 2 is 1.72 bits per heavy atom. The van der Waals surface area contributed by atoms with Crippen molar-refractivity contribution in [3.8, 4) is 0 Å². The molecule has 0 saturated carbocycles. The van der Waals surface area contributed by atoms with Gasteiger partial charge in [0, 0.05) is 26.2 Å². The number of imidazole rings is 1. The summed E-state index contributed by atoms with van der Waals surface area (Å²) in [4.78, 5) is 40.5. The summed E-state index contributed by atoms with van der Waals surface area (Å²) in [5.74, 6) is -0.144. The van der Waals surface area contributed by atoms with Gasteiger partial charge >= 0.3 is 11.7 Å². The van der Waals surface area contributed by atoms with Crippen LogP contribution in [-0.4, -0.2) is 64.7 Å². The van der Waals surface area contributed by atoms with E-state index in [4.69, 9.17) is 4.74 Å². The molecule has 1 aliphatic rings. The number of para-hydroxylation sites is 2. The van der Waals surface area contributed by atoms with Crippen LogP contribution in [0.4, 0.5) is 4.79 Å². The number of morpholine rings is 1. The van der Waals surface area contributed by atoms with E-state index in [9.17, 15) is 14.4 Å². The lowest BCUT2D eigenvalue weighted by Crippen LogP contribution is -2.51. The molecule has 1 aromatic carbocycles. The predicted octanol–water partition coefficient (Wildman–Crippen LogP) is 1.70. The Labute approximate surface area is 170 Å². The molecule has 1 atom stereocenters. The van der Waals surface area contributed by atoms with Crippen molar-refractivity contribution in [3.05, 3.63) is 34.7 Å². The first-order chi connectivity index (χ1) is 13.7. The first kappa shape index (κ1) is 21.3. The van der Waals surface area contributed by atoms with Crippen molar-refractivity contribution in [3.63, 3.8) is 0 Å². The third-order valence-corrected chi connectivity index (χ3v) is 5.32. The molecule has 29 heavy (non-hydrogen) atoms. The topological polar surface area (TPSA) is 85.6 Å². The maximum atomic E-state index is 13.1. The van der Waals surface area contributed by atoms with Gasteiger partial charge in [-0.05, 0) is 24.5 Å². The number of Topliss-reactive ketones (excluding diaryl/α,β-unsaturated/α-hetero) is 1. The van der Waals surface area contributed by atoms with E-state index in [-0.39, 0.29) is 5.78 Å². The molecule has 1 aliphatic heterocycles. The highest BCUT2D eigenvalue weighted by atomic mass is 16.5. The maximum absolute atomic E-state index is 13.1. The molecule has 8 nitrogen and oxygen atoms in total. The number of benzene rings is 1. The zero-order chi connectivity index (χ0) is 21.2. The van der Waals surface area contributed by atoms with Crippen LogP contribution in [0.1, 0.15) is 27.7 Å². The summed E-state index contributed by atoms with van der Waals surface area (Å²) in [5.41, 5.74) is 0.386. The molecule has 8 heteroatoms. The number of fused-ring (bicyclic) bond motifs is 1. The van der Waals surface area contributed by atoms with Gasteiger partial charge in [0.15, 0.2) is 5.78 Å². The van der Waals surface area contributed by atoms with Gasteiger partial charge in [0.2, 0.25) is 0 Å². The van der Waals surface area contributed by atoms with Crippen molar-refractivity contribution in [2.45, 2.75) is 40.3 Å². The fourth-order valence-corrected chi connectivity index (χ4v) is 3.80. The molecule has 1 fully saturated rings. The fraction of sp³-hybridized carbons (Fsp3) is 0.571. The molecule has 1 aromatic heterocycles. The van der Waals surface area contributed by atoms with Crippen LogP contribution in [0, 0.1) is 5.41 Å². The van der Waals surface area contributed by atoms with Crippen molar-refractivity contribution < 1.29 is 14.3 Å². The first-order valence-electron chi connectivity index (χ1n) is 10.0. The van der Waals surface area contributed by atoms with Gasteiger partial charge in [0.05, 0.1) is 30.3 Å². The van der Waals surface area contributed by atoms with Gasteiger partial charge in [0.1, 0.15) is 0 Å². The van der Waals surface area contributed by atoms with Gasteiger partial charge in [0.25, 0.3) is 0 Å².